The Bertz CT molecular complexity index is 902. The molecule has 0 aliphatic carbocycles. The Labute approximate surface area is 148 Å². The van der Waals surface area contributed by atoms with Crippen LogP contribution in [0, 0.1) is 5.82 Å². The van der Waals surface area contributed by atoms with Crippen molar-refractivity contribution >= 4 is 28.8 Å². The van der Waals surface area contributed by atoms with Gasteiger partial charge in [0.1, 0.15) is 5.82 Å². The van der Waals surface area contributed by atoms with Gasteiger partial charge < -0.3 is 11.1 Å². The van der Waals surface area contributed by atoms with Crippen molar-refractivity contribution in [2.24, 2.45) is 5.73 Å². The fourth-order valence-electron chi connectivity index (χ4n) is 2.33. The number of amides is 2. The number of nitrogens with two attached hydrogens (primary N) is 1. The molecule has 0 atom stereocenters. The molecule has 0 unspecified atom stereocenters. The lowest BCUT2D eigenvalue weighted by Crippen LogP contribution is -2.14. The second kappa shape index (κ2) is 7.27. The number of anilines is 1. The standard InChI is InChI=1S/C19H15FN2O2S/c20-14-5-3-13(4-6-14)16-9-10-17(25-16)19(24)22-15-7-1-12(2-8-15)11-18(21)23/h1-10H,11H2,(H2,21,23)(H,22,24). The fraction of sp³-hybridized carbons (Fsp3) is 0.0526. The van der Waals surface area contributed by atoms with E-state index in [4.69, 9.17) is 5.73 Å². The molecule has 3 rings (SSSR count). The molecule has 2 aromatic carbocycles. The Morgan fingerprint density at radius 1 is 0.960 bits per heavy atom. The number of thiophene rings is 1. The van der Waals surface area contributed by atoms with E-state index in [0.717, 1.165) is 16.0 Å². The smallest absolute Gasteiger partial charge is 0.265 e. The molecule has 3 aromatic rings. The van der Waals surface area contributed by atoms with E-state index in [1.807, 2.05) is 6.07 Å². The van der Waals surface area contributed by atoms with E-state index >= 15 is 0 Å². The number of halogens is 1. The number of primary amides is 1. The summed E-state index contributed by atoms with van der Waals surface area (Å²) in [6, 6.07) is 16.7. The third-order valence-corrected chi connectivity index (χ3v) is 4.68. The highest BCUT2D eigenvalue weighted by atomic mass is 32.1. The van der Waals surface area contributed by atoms with Crippen LogP contribution in [0.2, 0.25) is 0 Å². The Hall–Kier alpha value is -2.99. The minimum absolute atomic E-state index is 0.167. The van der Waals surface area contributed by atoms with Crippen LogP contribution in [0.15, 0.2) is 60.7 Å². The molecule has 126 valence electrons. The average Bonchev–Trinajstić information content (AvgIpc) is 3.07. The zero-order valence-corrected chi connectivity index (χ0v) is 14.0. The fourth-order valence-corrected chi connectivity index (χ4v) is 3.24. The molecular weight excluding hydrogens is 339 g/mol. The summed E-state index contributed by atoms with van der Waals surface area (Å²) in [5.74, 6) is -0.914. The normalized spacial score (nSPS) is 10.4. The minimum atomic E-state index is -0.399. The van der Waals surface area contributed by atoms with Crippen molar-refractivity contribution < 1.29 is 14.0 Å². The van der Waals surface area contributed by atoms with Crippen LogP contribution in [0.25, 0.3) is 10.4 Å². The lowest BCUT2D eigenvalue weighted by Gasteiger charge is -2.05. The Morgan fingerprint density at radius 2 is 1.64 bits per heavy atom. The van der Waals surface area contributed by atoms with Crippen LogP contribution in [0.5, 0.6) is 0 Å². The maximum atomic E-state index is 13.0. The average molecular weight is 354 g/mol. The van der Waals surface area contributed by atoms with E-state index in [1.54, 1.807) is 42.5 Å². The number of rotatable bonds is 5. The lowest BCUT2D eigenvalue weighted by molar-refractivity contribution is -0.117. The van der Waals surface area contributed by atoms with Crippen molar-refractivity contribution in [3.05, 3.63) is 76.9 Å². The monoisotopic (exact) mass is 354 g/mol. The predicted octanol–water partition coefficient (Wildman–Crippen LogP) is 3.83. The van der Waals surface area contributed by atoms with E-state index in [2.05, 4.69) is 5.32 Å². The van der Waals surface area contributed by atoms with E-state index < -0.39 is 5.91 Å². The van der Waals surface area contributed by atoms with Crippen LogP contribution < -0.4 is 11.1 Å². The van der Waals surface area contributed by atoms with Crippen molar-refractivity contribution in [2.45, 2.75) is 6.42 Å². The molecule has 25 heavy (non-hydrogen) atoms. The summed E-state index contributed by atoms with van der Waals surface area (Å²) in [6.07, 6.45) is 0.167. The van der Waals surface area contributed by atoms with E-state index in [0.29, 0.717) is 10.6 Å². The Morgan fingerprint density at radius 3 is 2.28 bits per heavy atom. The topological polar surface area (TPSA) is 72.2 Å². The summed E-state index contributed by atoms with van der Waals surface area (Å²) in [6.45, 7) is 0. The second-order valence-electron chi connectivity index (χ2n) is 5.46. The highest BCUT2D eigenvalue weighted by Crippen LogP contribution is 2.28. The van der Waals surface area contributed by atoms with Gasteiger partial charge in [0.05, 0.1) is 11.3 Å². The number of hydrogen-bond donors (Lipinski definition) is 2. The molecule has 0 saturated heterocycles. The summed E-state index contributed by atoms with van der Waals surface area (Å²) >= 11 is 1.34. The zero-order valence-electron chi connectivity index (χ0n) is 13.2. The largest absolute Gasteiger partial charge is 0.369 e. The first kappa shape index (κ1) is 16.9. The maximum Gasteiger partial charge on any atom is 0.265 e. The lowest BCUT2D eigenvalue weighted by atomic mass is 10.1. The molecule has 2 amide bonds. The van der Waals surface area contributed by atoms with Crippen LogP contribution in [0.4, 0.5) is 10.1 Å². The molecule has 6 heteroatoms. The van der Waals surface area contributed by atoms with Gasteiger partial charge in [-0.25, -0.2) is 4.39 Å². The molecule has 4 nitrogen and oxygen atoms in total. The molecule has 1 aromatic heterocycles. The van der Waals surface area contributed by atoms with Gasteiger partial charge in [0.2, 0.25) is 5.91 Å². The van der Waals surface area contributed by atoms with E-state index in [-0.39, 0.29) is 18.1 Å². The highest BCUT2D eigenvalue weighted by Gasteiger charge is 2.11. The summed E-state index contributed by atoms with van der Waals surface area (Å²) < 4.78 is 13.0. The van der Waals surface area contributed by atoms with Gasteiger partial charge in [-0.1, -0.05) is 24.3 Å². The molecule has 0 saturated carbocycles. The Balaban J connectivity index is 1.69. The van der Waals surface area contributed by atoms with Crippen LogP contribution in [-0.2, 0) is 11.2 Å². The summed E-state index contributed by atoms with van der Waals surface area (Å²) in [5, 5.41) is 2.81. The van der Waals surface area contributed by atoms with Crippen molar-refractivity contribution in [1.29, 1.82) is 0 Å². The van der Waals surface area contributed by atoms with Crippen molar-refractivity contribution in [1.82, 2.24) is 0 Å². The number of carbonyl (C=O) groups excluding carboxylic acids is 2. The molecule has 0 bridgehead atoms. The number of benzene rings is 2. The molecule has 0 radical (unpaired) electrons. The molecule has 3 N–H and O–H groups in total. The highest BCUT2D eigenvalue weighted by molar-refractivity contribution is 7.17. The van der Waals surface area contributed by atoms with Crippen molar-refractivity contribution in [2.75, 3.05) is 5.32 Å². The maximum absolute atomic E-state index is 13.0. The second-order valence-corrected chi connectivity index (χ2v) is 6.55. The van der Waals surface area contributed by atoms with Crippen molar-refractivity contribution in [3.8, 4) is 10.4 Å². The quantitative estimate of drug-likeness (QED) is 0.731. The van der Waals surface area contributed by atoms with Crippen LogP contribution in [-0.4, -0.2) is 11.8 Å². The number of hydrogen-bond acceptors (Lipinski definition) is 3. The Kier molecular flexibility index (Phi) is 4.90. The van der Waals surface area contributed by atoms with Gasteiger partial charge >= 0.3 is 0 Å². The van der Waals surface area contributed by atoms with Gasteiger partial charge in [0.15, 0.2) is 0 Å². The summed E-state index contributed by atoms with van der Waals surface area (Å²) in [7, 11) is 0. The van der Waals surface area contributed by atoms with Crippen LogP contribution in [0.1, 0.15) is 15.2 Å². The molecule has 0 fully saturated rings. The molecule has 1 heterocycles. The van der Waals surface area contributed by atoms with E-state index in [1.165, 1.54) is 23.5 Å². The third-order valence-electron chi connectivity index (χ3n) is 3.55. The number of nitrogens with one attached hydrogen (secondary N) is 1. The molecular formula is C19H15FN2O2S. The van der Waals surface area contributed by atoms with Gasteiger partial charge in [0, 0.05) is 10.6 Å². The first-order chi connectivity index (χ1) is 12.0. The van der Waals surface area contributed by atoms with Gasteiger partial charge in [-0.05, 0) is 47.5 Å². The third kappa shape index (κ3) is 4.30. The predicted molar refractivity (Wildman–Crippen MR) is 97.0 cm³/mol. The van der Waals surface area contributed by atoms with Gasteiger partial charge in [-0.3, -0.25) is 9.59 Å². The first-order valence-electron chi connectivity index (χ1n) is 7.55. The molecule has 0 aliphatic rings. The molecule has 0 spiro atoms. The van der Waals surface area contributed by atoms with Gasteiger partial charge in [-0.15, -0.1) is 11.3 Å². The number of carbonyl (C=O) groups is 2. The van der Waals surface area contributed by atoms with Crippen LogP contribution in [0.3, 0.4) is 0 Å². The zero-order chi connectivity index (χ0) is 17.8. The first-order valence-corrected chi connectivity index (χ1v) is 8.37. The van der Waals surface area contributed by atoms with E-state index in [9.17, 15) is 14.0 Å². The summed E-state index contributed by atoms with van der Waals surface area (Å²) in [4.78, 5) is 24.7. The van der Waals surface area contributed by atoms with Gasteiger partial charge in [0.25, 0.3) is 5.91 Å². The van der Waals surface area contributed by atoms with Crippen LogP contribution >= 0.6 is 11.3 Å². The summed E-state index contributed by atoms with van der Waals surface area (Å²) in [5.41, 5.74) is 7.44. The minimum Gasteiger partial charge on any atom is -0.369 e. The molecule has 0 aliphatic heterocycles. The van der Waals surface area contributed by atoms with Gasteiger partial charge in [-0.2, -0.15) is 0 Å². The SMILES string of the molecule is NC(=O)Cc1ccc(NC(=O)c2ccc(-c3ccc(F)cc3)s2)cc1. The van der Waals surface area contributed by atoms with Crippen molar-refractivity contribution in [3.63, 3.8) is 0 Å².